The van der Waals surface area contributed by atoms with Crippen LogP contribution in [0, 0.1) is 6.92 Å². The van der Waals surface area contributed by atoms with Crippen molar-refractivity contribution < 1.29 is 4.74 Å². The molecule has 1 atom stereocenters. The van der Waals surface area contributed by atoms with Crippen LogP contribution < -0.4 is 16.0 Å². The van der Waals surface area contributed by atoms with Crippen molar-refractivity contribution in [3.63, 3.8) is 0 Å². The van der Waals surface area contributed by atoms with Crippen molar-refractivity contribution in [3.8, 4) is 0 Å². The zero-order chi connectivity index (χ0) is 18.6. The number of benzene rings is 2. The first-order chi connectivity index (χ1) is 13.2. The SMILES string of the molecule is Cc1cccc(N2C(N3CCOCC3)=NC(N)=NC2Nc2ccccc2)c1. The minimum absolute atomic E-state index is 0.272. The third kappa shape index (κ3) is 3.88. The van der Waals surface area contributed by atoms with Gasteiger partial charge in [-0.2, -0.15) is 4.99 Å². The van der Waals surface area contributed by atoms with Gasteiger partial charge in [-0.05, 0) is 36.8 Å². The number of rotatable bonds is 3. The van der Waals surface area contributed by atoms with E-state index in [9.17, 15) is 0 Å². The summed E-state index contributed by atoms with van der Waals surface area (Å²) in [6.45, 7) is 4.97. The molecule has 4 rings (SSSR count). The number of guanidine groups is 2. The molecular weight excluding hydrogens is 340 g/mol. The molecule has 0 bridgehead atoms. The van der Waals surface area contributed by atoms with Gasteiger partial charge in [0.25, 0.3) is 0 Å². The van der Waals surface area contributed by atoms with Crippen LogP contribution in [0.2, 0.25) is 0 Å². The molecular formula is C20H24N6O. The maximum atomic E-state index is 6.08. The highest BCUT2D eigenvalue weighted by molar-refractivity contribution is 6.06. The average molecular weight is 364 g/mol. The molecule has 0 saturated carbocycles. The summed E-state index contributed by atoms with van der Waals surface area (Å²) in [5, 5.41) is 3.47. The Morgan fingerprint density at radius 1 is 1.07 bits per heavy atom. The molecule has 0 amide bonds. The van der Waals surface area contributed by atoms with Crippen molar-refractivity contribution in [2.24, 2.45) is 15.7 Å². The monoisotopic (exact) mass is 364 g/mol. The van der Waals surface area contributed by atoms with E-state index < -0.39 is 0 Å². The standard InChI is InChI=1S/C20H24N6O/c1-15-6-5-9-17(14-15)26-19(22-16-7-3-2-4-8-16)23-18(21)24-20(26)25-10-12-27-13-11-25/h2-9,14,19,22H,10-13H2,1H3,(H2,21,23). The van der Waals surface area contributed by atoms with Crippen molar-refractivity contribution in [1.82, 2.24) is 4.90 Å². The summed E-state index contributed by atoms with van der Waals surface area (Å²) in [6, 6.07) is 18.3. The van der Waals surface area contributed by atoms with Crippen LogP contribution in [-0.2, 0) is 4.74 Å². The van der Waals surface area contributed by atoms with Crippen molar-refractivity contribution >= 4 is 23.3 Å². The van der Waals surface area contributed by atoms with E-state index >= 15 is 0 Å². The van der Waals surface area contributed by atoms with E-state index in [1.165, 1.54) is 5.56 Å². The summed E-state index contributed by atoms with van der Waals surface area (Å²) in [7, 11) is 0. The van der Waals surface area contributed by atoms with Gasteiger partial charge in [0.1, 0.15) is 0 Å². The molecule has 0 aromatic heterocycles. The number of ether oxygens (including phenoxy) is 1. The van der Waals surface area contributed by atoms with E-state index in [1.807, 2.05) is 36.4 Å². The molecule has 2 aliphatic heterocycles. The van der Waals surface area contributed by atoms with Gasteiger partial charge in [0, 0.05) is 24.5 Å². The Bertz CT molecular complexity index is 845. The Labute approximate surface area is 159 Å². The molecule has 3 N–H and O–H groups in total. The summed E-state index contributed by atoms with van der Waals surface area (Å²) in [6.07, 6.45) is -0.385. The number of aryl methyl sites for hydroxylation is 1. The highest BCUT2D eigenvalue weighted by Gasteiger charge is 2.32. The minimum atomic E-state index is -0.385. The molecule has 2 aromatic rings. The average Bonchev–Trinajstić information content (AvgIpc) is 2.69. The number of hydrogen-bond acceptors (Lipinski definition) is 7. The zero-order valence-corrected chi connectivity index (χ0v) is 15.4. The number of morpholine rings is 1. The summed E-state index contributed by atoms with van der Waals surface area (Å²) in [4.78, 5) is 13.5. The van der Waals surface area contributed by atoms with Crippen LogP contribution in [0.25, 0.3) is 0 Å². The molecule has 2 heterocycles. The first-order valence-electron chi connectivity index (χ1n) is 9.13. The van der Waals surface area contributed by atoms with E-state index in [0.29, 0.717) is 13.2 Å². The Morgan fingerprint density at radius 2 is 1.85 bits per heavy atom. The third-order valence-corrected chi connectivity index (χ3v) is 4.57. The van der Waals surface area contributed by atoms with Crippen molar-refractivity contribution in [3.05, 3.63) is 60.2 Å². The normalized spacial score (nSPS) is 20.1. The van der Waals surface area contributed by atoms with E-state index in [4.69, 9.17) is 10.5 Å². The topological polar surface area (TPSA) is 78.5 Å². The van der Waals surface area contributed by atoms with Gasteiger partial charge in [-0.3, -0.25) is 4.90 Å². The Morgan fingerprint density at radius 3 is 2.59 bits per heavy atom. The molecule has 1 fully saturated rings. The predicted molar refractivity (Wildman–Crippen MR) is 109 cm³/mol. The molecule has 0 aliphatic carbocycles. The van der Waals surface area contributed by atoms with Gasteiger partial charge >= 0.3 is 0 Å². The lowest BCUT2D eigenvalue weighted by Crippen LogP contribution is -2.57. The molecule has 7 heteroatoms. The molecule has 2 aliphatic rings. The van der Waals surface area contributed by atoms with Gasteiger partial charge in [0.15, 0.2) is 0 Å². The van der Waals surface area contributed by atoms with Crippen LogP contribution in [0.5, 0.6) is 0 Å². The van der Waals surface area contributed by atoms with Crippen LogP contribution in [0.1, 0.15) is 5.56 Å². The molecule has 7 nitrogen and oxygen atoms in total. The number of hydrogen-bond donors (Lipinski definition) is 2. The third-order valence-electron chi connectivity index (χ3n) is 4.57. The molecule has 0 spiro atoms. The largest absolute Gasteiger partial charge is 0.378 e. The second-order valence-corrected chi connectivity index (χ2v) is 6.59. The fraction of sp³-hybridized carbons (Fsp3) is 0.300. The maximum Gasteiger partial charge on any atom is 0.222 e. The molecule has 0 radical (unpaired) electrons. The highest BCUT2D eigenvalue weighted by atomic mass is 16.5. The first-order valence-corrected chi connectivity index (χ1v) is 9.13. The van der Waals surface area contributed by atoms with E-state index in [2.05, 4.69) is 50.2 Å². The molecule has 140 valence electrons. The molecule has 1 unspecified atom stereocenters. The first kappa shape index (κ1) is 17.4. The Hall–Kier alpha value is -3.06. The van der Waals surface area contributed by atoms with Gasteiger partial charge in [-0.15, -0.1) is 0 Å². The number of anilines is 2. The van der Waals surface area contributed by atoms with E-state index in [-0.39, 0.29) is 12.2 Å². The zero-order valence-electron chi connectivity index (χ0n) is 15.4. The van der Waals surface area contributed by atoms with Gasteiger partial charge < -0.3 is 20.7 Å². The van der Waals surface area contributed by atoms with Crippen molar-refractivity contribution in [2.45, 2.75) is 13.2 Å². The van der Waals surface area contributed by atoms with Gasteiger partial charge in [-0.25, -0.2) is 4.99 Å². The van der Waals surface area contributed by atoms with Crippen molar-refractivity contribution in [2.75, 3.05) is 36.5 Å². The fourth-order valence-corrected chi connectivity index (χ4v) is 3.28. The second-order valence-electron chi connectivity index (χ2n) is 6.59. The number of aliphatic imine (C=N–C) groups is 2. The Balaban J connectivity index is 1.73. The summed E-state index contributed by atoms with van der Waals surface area (Å²) in [5.41, 5.74) is 9.25. The van der Waals surface area contributed by atoms with Gasteiger partial charge in [0.05, 0.1) is 13.2 Å². The molecule has 1 saturated heterocycles. The van der Waals surface area contributed by atoms with E-state index in [1.54, 1.807) is 0 Å². The summed E-state index contributed by atoms with van der Waals surface area (Å²) in [5.74, 6) is 1.07. The molecule has 2 aromatic carbocycles. The van der Waals surface area contributed by atoms with Crippen LogP contribution >= 0.6 is 0 Å². The molecule has 27 heavy (non-hydrogen) atoms. The number of para-hydroxylation sites is 1. The van der Waals surface area contributed by atoms with Crippen LogP contribution in [0.4, 0.5) is 11.4 Å². The quantitative estimate of drug-likeness (QED) is 0.873. The smallest absolute Gasteiger partial charge is 0.222 e. The predicted octanol–water partition coefficient (Wildman–Crippen LogP) is 2.21. The lowest BCUT2D eigenvalue weighted by molar-refractivity contribution is 0.0671. The van der Waals surface area contributed by atoms with Crippen molar-refractivity contribution in [1.29, 1.82) is 0 Å². The fourth-order valence-electron chi connectivity index (χ4n) is 3.28. The Kier molecular flexibility index (Phi) is 4.93. The minimum Gasteiger partial charge on any atom is -0.378 e. The van der Waals surface area contributed by atoms with Crippen LogP contribution in [-0.4, -0.2) is 49.4 Å². The van der Waals surface area contributed by atoms with Gasteiger partial charge in [0.2, 0.25) is 18.2 Å². The lowest BCUT2D eigenvalue weighted by atomic mass is 10.2. The lowest BCUT2D eigenvalue weighted by Gasteiger charge is -2.41. The van der Waals surface area contributed by atoms with Crippen LogP contribution in [0.3, 0.4) is 0 Å². The summed E-state index contributed by atoms with van der Waals surface area (Å²) >= 11 is 0. The van der Waals surface area contributed by atoms with Gasteiger partial charge in [-0.1, -0.05) is 30.3 Å². The maximum absolute atomic E-state index is 6.08. The number of nitrogens with one attached hydrogen (secondary N) is 1. The summed E-state index contributed by atoms with van der Waals surface area (Å²) < 4.78 is 5.51. The highest BCUT2D eigenvalue weighted by Crippen LogP contribution is 2.25. The van der Waals surface area contributed by atoms with E-state index in [0.717, 1.165) is 30.4 Å². The number of nitrogens with two attached hydrogens (primary N) is 1. The second kappa shape index (κ2) is 7.67. The van der Waals surface area contributed by atoms with Crippen LogP contribution in [0.15, 0.2) is 64.6 Å². The number of nitrogens with zero attached hydrogens (tertiary/aromatic N) is 4.